The Labute approximate surface area is 152 Å². The number of carbonyl (C=O) groups is 2. The second-order valence-electron chi connectivity index (χ2n) is 5.90. The second-order valence-corrected chi connectivity index (χ2v) is 7.21. The van der Waals surface area contributed by atoms with Crippen molar-refractivity contribution < 1.29 is 9.59 Å². The molecule has 0 aliphatic rings. The summed E-state index contributed by atoms with van der Waals surface area (Å²) in [6.07, 6.45) is 5.09. The molecule has 1 aromatic carbocycles. The van der Waals surface area contributed by atoms with E-state index in [0.29, 0.717) is 11.3 Å². The van der Waals surface area contributed by atoms with E-state index in [1.54, 1.807) is 30.6 Å². The van der Waals surface area contributed by atoms with Gasteiger partial charge in [-0.15, -0.1) is 10.2 Å². The van der Waals surface area contributed by atoms with Crippen LogP contribution in [0.3, 0.4) is 0 Å². The normalized spacial score (nSPS) is 12.0. The van der Waals surface area contributed by atoms with Crippen LogP contribution in [0.2, 0.25) is 0 Å². The molecule has 0 fully saturated rings. The largest absolute Gasteiger partial charge is 0.325 e. The molecule has 2 aromatic rings. The zero-order valence-corrected chi connectivity index (χ0v) is 15.7. The molecule has 2 rings (SSSR count). The zero-order chi connectivity index (χ0) is 18.2. The monoisotopic (exact) mass is 360 g/mol. The lowest BCUT2D eigenvalue weighted by atomic mass is 10.1. The minimum Gasteiger partial charge on any atom is -0.325 e. The zero-order valence-electron chi connectivity index (χ0n) is 14.9. The van der Waals surface area contributed by atoms with Crippen molar-refractivity contribution in [3.63, 3.8) is 0 Å². The van der Waals surface area contributed by atoms with E-state index in [2.05, 4.69) is 22.4 Å². The van der Waals surface area contributed by atoms with Gasteiger partial charge in [0, 0.05) is 17.8 Å². The first-order valence-corrected chi connectivity index (χ1v) is 9.35. The summed E-state index contributed by atoms with van der Waals surface area (Å²) in [5.74, 6) is -0.160. The summed E-state index contributed by atoms with van der Waals surface area (Å²) in [5.41, 5.74) is 1.20. The van der Waals surface area contributed by atoms with Crippen LogP contribution in [0.5, 0.6) is 0 Å². The first-order valence-electron chi connectivity index (χ1n) is 8.47. The van der Waals surface area contributed by atoms with E-state index in [0.717, 1.165) is 31.0 Å². The predicted molar refractivity (Wildman–Crippen MR) is 99.9 cm³/mol. The van der Waals surface area contributed by atoms with Gasteiger partial charge in [-0.2, -0.15) is 0 Å². The smallest absolute Gasteiger partial charge is 0.237 e. The number of anilines is 1. The number of rotatable bonds is 9. The number of nitrogens with zero attached hydrogens (tertiary/aromatic N) is 3. The second kappa shape index (κ2) is 9.36. The van der Waals surface area contributed by atoms with Gasteiger partial charge < -0.3 is 9.88 Å². The number of aryl methyl sites for hydroxylation is 1. The van der Waals surface area contributed by atoms with Gasteiger partial charge in [0.1, 0.15) is 6.33 Å². The van der Waals surface area contributed by atoms with Crippen molar-refractivity contribution in [1.29, 1.82) is 0 Å². The predicted octanol–water partition coefficient (Wildman–Crippen LogP) is 3.79. The van der Waals surface area contributed by atoms with Crippen molar-refractivity contribution in [2.45, 2.75) is 57.0 Å². The Balaban J connectivity index is 1.96. The summed E-state index contributed by atoms with van der Waals surface area (Å²) in [6.45, 7) is 6.36. The molecule has 7 heteroatoms. The first-order chi connectivity index (χ1) is 12.0. The van der Waals surface area contributed by atoms with Crippen molar-refractivity contribution in [2.75, 3.05) is 5.32 Å². The van der Waals surface area contributed by atoms with Crippen LogP contribution in [0, 0.1) is 0 Å². The molecular weight excluding hydrogens is 336 g/mol. The maximum absolute atomic E-state index is 12.4. The Kier molecular flexibility index (Phi) is 7.18. The number of aromatic nitrogens is 3. The molecule has 1 heterocycles. The molecule has 0 aliphatic carbocycles. The van der Waals surface area contributed by atoms with Crippen LogP contribution in [0.1, 0.15) is 50.4 Å². The highest BCUT2D eigenvalue weighted by atomic mass is 32.2. The summed E-state index contributed by atoms with van der Waals surface area (Å²) in [4.78, 5) is 23.9. The summed E-state index contributed by atoms with van der Waals surface area (Å²) in [7, 11) is 0. The lowest BCUT2D eigenvalue weighted by Crippen LogP contribution is -2.23. The van der Waals surface area contributed by atoms with Crippen LogP contribution in [0.25, 0.3) is 0 Å². The number of amides is 1. The number of unbranched alkanes of at least 4 members (excludes halogenated alkanes) is 2. The number of hydrogen-bond donors (Lipinski definition) is 1. The van der Waals surface area contributed by atoms with Gasteiger partial charge in [-0.1, -0.05) is 43.7 Å². The van der Waals surface area contributed by atoms with Gasteiger partial charge in [-0.05, 0) is 32.4 Å². The van der Waals surface area contributed by atoms with Gasteiger partial charge in [-0.25, -0.2) is 0 Å². The van der Waals surface area contributed by atoms with E-state index >= 15 is 0 Å². The highest BCUT2D eigenvalue weighted by Crippen LogP contribution is 2.23. The maximum Gasteiger partial charge on any atom is 0.237 e. The Morgan fingerprint density at radius 2 is 2.12 bits per heavy atom. The molecule has 0 saturated carbocycles. The Hall–Kier alpha value is -2.15. The quantitative estimate of drug-likeness (QED) is 0.418. The Morgan fingerprint density at radius 3 is 2.84 bits per heavy atom. The average molecular weight is 360 g/mol. The van der Waals surface area contributed by atoms with E-state index < -0.39 is 0 Å². The molecule has 1 atom stereocenters. The fourth-order valence-corrected chi connectivity index (χ4v) is 3.14. The average Bonchev–Trinajstić information content (AvgIpc) is 3.02. The SMILES string of the molecule is CCCCCn1cnnc1S[C@@H](C)C(=O)Nc1cccc(C(C)=O)c1. The van der Waals surface area contributed by atoms with Gasteiger partial charge >= 0.3 is 0 Å². The summed E-state index contributed by atoms with van der Waals surface area (Å²) >= 11 is 1.38. The highest BCUT2D eigenvalue weighted by Gasteiger charge is 2.18. The van der Waals surface area contributed by atoms with E-state index in [1.807, 2.05) is 11.5 Å². The third-order valence-corrected chi connectivity index (χ3v) is 4.87. The number of hydrogen-bond acceptors (Lipinski definition) is 5. The van der Waals surface area contributed by atoms with Crippen LogP contribution < -0.4 is 5.32 Å². The molecule has 0 radical (unpaired) electrons. The van der Waals surface area contributed by atoms with Gasteiger partial charge in [0.2, 0.25) is 5.91 Å². The minimum absolute atomic E-state index is 0.0290. The van der Waals surface area contributed by atoms with Crippen LogP contribution in [-0.4, -0.2) is 31.7 Å². The van der Waals surface area contributed by atoms with Crippen molar-refractivity contribution in [3.05, 3.63) is 36.2 Å². The van der Waals surface area contributed by atoms with Gasteiger partial charge in [0.25, 0.3) is 0 Å². The van der Waals surface area contributed by atoms with Crippen molar-refractivity contribution in [1.82, 2.24) is 14.8 Å². The molecule has 25 heavy (non-hydrogen) atoms. The van der Waals surface area contributed by atoms with Crippen LogP contribution in [0.15, 0.2) is 35.7 Å². The number of Topliss-reactive ketones (excluding diaryl/α,β-unsaturated/α-hetero) is 1. The minimum atomic E-state index is -0.324. The first kappa shape index (κ1) is 19.2. The number of carbonyl (C=O) groups excluding carboxylic acids is 2. The summed E-state index contributed by atoms with van der Waals surface area (Å²) < 4.78 is 1.99. The molecule has 0 bridgehead atoms. The van der Waals surface area contributed by atoms with Crippen LogP contribution >= 0.6 is 11.8 Å². The van der Waals surface area contributed by atoms with E-state index in [-0.39, 0.29) is 16.9 Å². The van der Waals surface area contributed by atoms with Gasteiger partial charge in [0.15, 0.2) is 10.9 Å². The molecular formula is C18H24N4O2S. The molecule has 0 unspecified atom stereocenters. The molecule has 0 spiro atoms. The fourth-order valence-electron chi connectivity index (χ4n) is 2.29. The number of benzene rings is 1. The molecule has 134 valence electrons. The third kappa shape index (κ3) is 5.70. The number of nitrogens with one attached hydrogen (secondary N) is 1. The van der Waals surface area contributed by atoms with Crippen LogP contribution in [-0.2, 0) is 11.3 Å². The lowest BCUT2D eigenvalue weighted by molar-refractivity contribution is -0.115. The maximum atomic E-state index is 12.4. The lowest BCUT2D eigenvalue weighted by Gasteiger charge is -2.13. The number of thioether (sulfide) groups is 1. The van der Waals surface area contributed by atoms with E-state index in [1.165, 1.54) is 18.7 Å². The summed E-state index contributed by atoms with van der Waals surface area (Å²) in [6, 6.07) is 6.95. The van der Waals surface area contributed by atoms with E-state index in [9.17, 15) is 9.59 Å². The van der Waals surface area contributed by atoms with E-state index in [4.69, 9.17) is 0 Å². The Morgan fingerprint density at radius 1 is 1.32 bits per heavy atom. The topological polar surface area (TPSA) is 76.9 Å². The van der Waals surface area contributed by atoms with Crippen molar-refractivity contribution in [2.24, 2.45) is 0 Å². The number of ketones is 1. The highest BCUT2D eigenvalue weighted by molar-refractivity contribution is 8.00. The summed E-state index contributed by atoms with van der Waals surface area (Å²) in [5, 5.41) is 11.3. The molecule has 1 aromatic heterocycles. The molecule has 0 saturated heterocycles. The molecule has 0 aliphatic heterocycles. The standard InChI is InChI=1S/C18H24N4O2S/c1-4-5-6-10-22-12-19-21-18(22)25-14(3)17(24)20-16-9-7-8-15(11-16)13(2)23/h7-9,11-12,14H,4-6,10H2,1-3H3,(H,20,24)/t14-/m0/s1. The van der Waals surface area contributed by atoms with Crippen molar-refractivity contribution >= 4 is 29.1 Å². The van der Waals surface area contributed by atoms with Gasteiger partial charge in [0.05, 0.1) is 5.25 Å². The third-order valence-electron chi connectivity index (χ3n) is 3.77. The van der Waals surface area contributed by atoms with Crippen LogP contribution in [0.4, 0.5) is 5.69 Å². The van der Waals surface area contributed by atoms with Gasteiger partial charge in [-0.3, -0.25) is 9.59 Å². The fraction of sp³-hybridized carbons (Fsp3) is 0.444. The molecule has 1 N–H and O–H groups in total. The Bertz CT molecular complexity index is 729. The van der Waals surface area contributed by atoms with Crippen molar-refractivity contribution in [3.8, 4) is 0 Å². The molecule has 6 nitrogen and oxygen atoms in total. The molecule has 1 amide bonds.